The van der Waals surface area contributed by atoms with E-state index in [4.69, 9.17) is 0 Å². The molecule has 0 heterocycles. The third kappa shape index (κ3) is 3.21. The van der Waals surface area contributed by atoms with Gasteiger partial charge in [0.2, 0.25) is 0 Å². The summed E-state index contributed by atoms with van der Waals surface area (Å²) in [6, 6.07) is 1.77. The molecule has 2 saturated carbocycles. The van der Waals surface area contributed by atoms with Crippen molar-refractivity contribution in [2.24, 2.45) is 5.92 Å². The summed E-state index contributed by atoms with van der Waals surface area (Å²) >= 11 is 0. The summed E-state index contributed by atoms with van der Waals surface area (Å²) < 4.78 is 0. The fourth-order valence-corrected chi connectivity index (χ4v) is 2.80. The number of nitrogens with one attached hydrogen (secondary N) is 1. The Kier molecular flexibility index (Phi) is 4.66. The van der Waals surface area contributed by atoms with Gasteiger partial charge in [-0.3, -0.25) is 0 Å². The molecule has 0 spiro atoms. The van der Waals surface area contributed by atoms with Crippen molar-refractivity contribution in [1.82, 2.24) is 10.2 Å². The van der Waals surface area contributed by atoms with Crippen molar-refractivity contribution >= 4 is 0 Å². The number of nitrogens with zero attached hydrogens (tertiary/aromatic N) is 1. The first-order valence-electron chi connectivity index (χ1n) is 7.32. The van der Waals surface area contributed by atoms with Crippen LogP contribution in [0.3, 0.4) is 0 Å². The Morgan fingerprint density at radius 1 is 1.12 bits per heavy atom. The molecule has 2 unspecified atom stereocenters. The second-order valence-electron chi connectivity index (χ2n) is 5.57. The van der Waals surface area contributed by atoms with E-state index < -0.39 is 0 Å². The maximum Gasteiger partial charge on any atom is 0.0136 e. The average molecular weight is 224 g/mol. The molecule has 0 aromatic heterocycles. The lowest BCUT2D eigenvalue weighted by Crippen LogP contribution is -2.51. The second-order valence-corrected chi connectivity index (χ2v) is 5.57. The Morgan fingerprint density at radius 2 is 1.94 bits per heavy atom. The second kappa shape index (κ2) is 6.02. The molecule has 2 fully saturated rings. The molecule has 0 aromatic rings. The van der Waals surface area contributed by atoms with E-state index in [0.29, 0.717) is 0 Å². The van der Waals surface area contributed by atoms with E-state index in [1.54, 1.807) is 0 Å². The van der Waals surface area contributed by atoms with Gasteiger partial charge < -0.3 is 10.2 Å². The highest BCUT2D eigenvalue weighted by molar-refractivity contribution is 4.92. The highest BCUT2D eigenvalue weighted by Crippen LogP contribution is 2.32. The van der Waals surface area contributed by atoms with E-state index in [0.717, 1.165) is 18.0 Å². The van der Waals surface area contributed by atoms with Gasteiger partial charge in [-0.2, -0.15) is 0 Å². The van der Waals surface area contributed by atoms with Crippen LogP contribution in [0.5, 0.6) is 0 Å². The minimum Gasteiger partial charge on any atom is -0.314 e. The molecule has 94 valence electrons. The normalized spacial score (nSPS) is 29.4. The van der Waals surface area contributed by atoms with Crippen LogP contribution in [0.2, 0.25) is 0 Å². The van der Waals surface area contributed by atoms with Crippen LogP contribution in [-0.4, -0.2) is 36.6 Å². The van der Waals surface area contributed by atoms with Gasteiger partial charge in [-0.25, -0.2) is 0 Å². The first-order chi connectivity index (χ1) is 7.85. The maximum atomic E-state index is 3.70. The van der Waals surface area contributed by atoms with Crippen molar-refractivity contribution in [2.75, 3.05) is 19.6 Å². The number of hydrogen-bond donors (Lipinski definition) is 1. The maximum absolute atomic E-state index is 3.70. The van der Waals surface area contributed by atoms with E-state index in [2.05, 4.69) is 24.1 Å². The van der Waals surface area contributed by atoms with Crippen LogP contribution in [0, 0.1) is 5.92 Å². The van der Waals surface area contributed by atoms with Crippen LogP contribution in [-0.2, 0) is 0 Å². The Labute approximate surface area is 101 Å². The molecule has 0 amide bonds. The molecule has 16 heavy (non-hydrogen) atoms. The highest BCUT2D eigenvalue weighted by atomic mass is 15.2. The zero-order chi connectivity index (χ0) is 11.4. The summed E-state index contributed by atoms with van der Waals surface area (Å²) in [5.41, 5.74) is 0. The smallest absolute Gasteiger partial charge is 0.0136 e. The van der Waals surface area contributed by atoms with Crippen molar-refractivity contribution in [3.63, 3.8) is 0 Å². The molecule has 2 aliphatic carbocycles. The van der Waals surface area contributed by atoms with Crippen LogP contribution < -0.4 is 5.32 Å². The quantitative estimate of drug-likeness (QED) is 0.682. The fraction of sp³-hybridized carbons (Fsp3) is 1.00. The predicted molar refractivity (Wildman–Crippen MR) is 69.7 cm³/mol. The van der Waals surface area contributed by atoms with Gasteiger partial charge in [0, 0.05) is 12.1 Å². The first kappa shape index (κ1) is 12.4. The van der Waals surface area contributed by atoms with Crippen LogP contribution >= 0.6 is 0 Å². The molecule has 0 bridgehead atoms. The molecule has 2 atom stereocenters. The minimum atomic E-state index is 0.881. The van der Waals surface area contributed by atoms with Crippen molar-refractivity contribution in [1.29, 1.82) is 0 Å². The van der Waals surface area contributed by atoms with Gasteiger partial charge in [0.25, 0.3) is 0 Å². The van der Waals surface area contributed by atoms with E-state index in [9.17, 15) is 0 Å². The van der Waals surface area contributed by atoms with Gasteiger partial charge in [-0.15, -0.1) is 0 Å². The lowest BCUT2D eigenvalue weighted by molar-refractivity contribution is 0.0647. The summed E-state index contributed by atoms with van der Waals surface area (Å²) in [6.07, 6.45) is 8.43. The third-order valence-corrected chi connectivity index (χ3v) is 4.30. The summed E-state index contributed by atoms with van der Waals surface area (Å²) in [5.74, 6) is 0.942. The first-order valence-corrected chi connectivity index (χ1v) is 7.32. The Balaban J connectivity index is 1.68. The molecular weight excluding hydrogens is 196 g/mol. The lowest BCUT2D eigenvalue weighted by Gasteiger charge is -2.44. The molecule has 2 aliphatic rings. The van der Waals surface area contributed by atoms with E-state index in [1.807, 2.05) is 0 Å². The Hall–Kier alpha value is -0.0800. The lowest BCUT2D eigenvalue weighted by atomic mass is 9.78. The molecular formula is C14H28N2. The van der Waals surface area contributed by atoms with Crippen LogP contribution in [0.25, 0.3) is 0 Å². The topological polar surface area (TPSA) is 15.3 Å². The van der Waals surface area contributed by atoms with Gasteiger partial charge in [-0.1, -0.05) is 20.3 Å². The Bertz CT molecular complexity index is 201. The summed E-state index contributed by atoms with van der Waals surface area (Å²) in [4.78, 5) is 2.71. The fourth-order valence-electron chi connectivity index (χ4n) is 2.80. The zero-order valence-corrected chi connectivity index (χ0v) is 11.0. The summed E-state index contributed by atoms with van der Waals surface area (Å²) in [6.45, 7) is 8.44. The molecule has 1 N–H and O–H groups in total. The number of hydrogen-bond acceptors (Lipinski definition) is 2. The Morgan fingerprint density at radius 3 is 2.44 bits per heavy atom. The highest BCUT2D eigenvalue weighted by Gasteiger charge is 2.35. The minimum absolute atomic E-state index is 0.881. The van der Waals surface area contributed by atoms with Crippen LogP contribution in [0.15, 0.2) is 0 Å². The molecule has 0 aromatic carbocycles. The molecule has 0 radical (unpaired) electrons. The molecule has 0 saturated heterocycles. The van der Waals surface area contributed by atoms with Crippen LogP contribution in [0.4, 0.5) is 0 Å². The zero-order valence-electron chi connectivity index (χ0n) is 11.0. The summed E-state index contributed by atoms with van der Waals surface area (Å²) in [5, 5.41) is 3.70. The van der Waals surface area contributed by atoms with Crippen LogP contribution in [0.1, 0.15) is 52.4 Å². The standard InChI is InChI=1S/C14H28N2/c1-3-5-10-16(4-2)14-9-6-12(14)11-15-13-7-8-13/h12-15H,3-11H2,1-2H3. The van der Waals surface area contributed by atoms with Gasteiger partial charge in [-0.05, 0) is 57.7 Å². The van der Waals surface area contributed by atoms with Gasteiger partial charge in [0.05, 0.1) is 0 Å². The molecule has 2 heteroatoms. The van der Waals surface area contributed by atoms with Gasteiger partial charge in [0.15, 0.2) is 0 Å². The number of rotatable bonds is 8. The monoisotopic (exact) mass is 224 g/mol. The van der Waals surface area contributed by atoms with E-state index >= 15 is 0 Å². The summed E-state index contributed by atoms with van der Waals surface area (Å²) in [7, 11) is 0. The van der Waals surface area contributed by atoms with E-state index in [-0.39, 0.29) is 0 Å². The van der Waals surface area contributed by atoms with E-state index in [1.165, 1.54) is 58.2 Å². The SMILES string of the molecule is CCCCN(CC)C1CCC1CNC1CC1. The van der Waals surface area contributed by atoms with Crippen molar-refractivity contribution < 1.29 is 0 Å². The van der Waals surface area contributed by atoms with Gasteiger partial charge in [0.1, 0.15) is 0 Å². The third-order valence-electron chi connectivity index (χ3n) is 4.30. The molecule has 2 nitrogen and oxygen atoms in total. The molecule has 2 rings (SSSR count). The average Bonchev–Trinajstić information content (AvgIpc) is 3.06. The number of unbranched alkanes of at least 4 members (excludes halogenated alkanes) is 1. The van der Waals surface area contributed by atoms with Gasteiger partial charge >= 0.3 is 0 Å². The van der Waals surface area contributed by atoms with Crippen molar-refractivity contribution in [2.45, 2.75) is 64.5 Å². The predicted octanol–water partition coefficient (Wildman–Crippen LogP) is 2.64. The molecule has 0 aliphatic heterocycles. The largest absolute Gasteiger partial charge is 0.314 e. The van der Waals surface area contributed by atoms with Crippen molar-refractivity contribution in [3.8, 4) is 0 Å². The van der Waals surface area contributed by atoms with Crippen molar-refractivity contribution in [3.05, 3.63) is 0 Å².